The monoisotopic (exact) mass is 500 g/mol. The summed E-state index contributed by atoms with van der Waals surface area (Å²) in [5.41, 5.74) is 0.631. The number of phenols is 2. The first kappa shape index (κ1) is 25.5. The van der Waals surface area contributed by atoms with E-state index in [1.54, 1.807) is 0 Å². The first-order chi connectivity index (χ1) is 17.0. The Hall–Kier alpha value is -3.57. The van der Waals surface area contributed by atoms with Gasteiger partial charge in [0.15, 0.2) is 5.76 Å². The molecule has 36 heavy (non-hydrogen) atoms. The Morgan fingerprint density at radius 3 is 2.31 bits per heavy atom. The summed E-state index contributed by atoms with van der Waals surface area (Å²) in [6.45, 7) is 5.28. The molecule has 1 fully saturated rings. The van der Waals surface area contributed by atoms with E-state index in [1.165, 1.54) is 31.2 Å². The molecule has 10 heteroatoms. The molecule has 1 saturated heterocycles. The average molecular weight is 501 g/mol. The van der Waals surface area contributed by atoms with Crippen molar-refractivity contribution in [2.45, 2.75) is 57.9 Å². The van der Waals surface area contributed by atoms with Crippen LogP contribution >= 0.6 is 0 Å². The van der Waals surface area contributed by atoms with Gasteiger partial charge in [-0.15, -0.1) is 0 Å². The van der Waals surface area contributed by atoms with Crippen LogP contribution in [0, 0.1) is 0 Å². The highest BCUT2D eigenvalue weighted by Crippen LogP contribution is 2.39. The maximum Gasteiger partial charge on any atom is 0.238 e. The van der Waals surface area contributed by atoms with Crippen molar-refractivity contribution in [2.24, 2.45) is 0 Å². The number of aromatic hydroxyl groups is 3. The fraction of sp³-hybridized carbons (Fsp3) is 0.346. The van der Waals surface area contributed by atoms with Crippen LogP contribution in [0.5, 0.6) is 23.0 Å². The van der Waals surface area contributed by atoms with Gasteiger partial charge in [0.1, 0.15) is 46.5 Å². The molecule has 1 aromatic heterocycles. The molecule has 6 N–H and O–H groups in total. The van der Waals surface area contributed by atoms with E-state index in [0.29, 0.717) is 5.56 Å². The number of hydrogen-bond donors (Lipinski definition) is 6. The van der Waals surface area contributed by atoms with Crippen molar-refractivity contribution in [3.63, 3.8) is 0 Å². The summed E-state index contributed by atoms with van der Waals surface area (Å²) in [5, 5.41) is 60.9. The van der Waals surface area contributed by atoms with Crippen LogP contribution in [0.3, 0.4) is 0 Å². The van der Waals surface area contributed by atoms with E-state index < -0.39 is 47.6 Å². The van der Waals surface area contributed by atoms with Crippen LogP contribution in [0.25, 0.3) is 22.3 Å². The third kappa shape index (κ3) is 4.63. The quantitative estimate of drug-likeness (QED) is 0.286. The van der Waals surface area contributed by atoms with Crippen molar-refractivity contribution in [1.82, 2.24) is 0 Å². The van der Waals surface area contributed by atoms with Crippen LogP contribution in [0.15, 0.2) is 51.2 Å². The lowest BCUT2D eigenvalue weighted by atomic mass is 10.00. The number of fused-ring (bicyclic) bond motifs is 1. The van der Waals surface area contributed by atoms with E-state index in [0.717, 1.165) is 11.6 Å². The third-order valence-corrected chi connectivity index (χ3v) is 6.09. The van der Waals surface area contributed by atoms with Gasteiger partial charge < -0.3 is 44.5 Å². The van der Waals surface area contributed by atoms with Crippen molar-refractivity contribution in [3.05, 3.63) is 57.8 Å². The molecule has 3 aromatic rings. The van der Waals surface area contributed by atoms with E-state index in [9.17, 15) is 35.4 Å². The summed E-state index contributed by atoms with van der Waals surface area (Å²) >= 11 is 0. The van der Waals surface area contributed by atoms with Crippen LogP contribution in [0.2, 0.25) is 0 Å². The Kier molecular flexibility index (Phi) is 6.96. The molecule has 1 aliphatic heterocycles. The van der Waals surface area contributed by atoms with Crippen LogP contribution in [-0.2, 0) is 11.2 Å². The minimum Gasteiger partial charge on any atom is -0.507 e. The molecule has 0 radical (unpaired) electrons. The van der Waals surface area contributed by atoms with Gasteiger partial charge in [0, 0.05) is 17.2 Å². The smallest absolute Gasteiger partial charge is 0.238 e. The highest BCUT2D eigenvalue weighted by atomic mass is 16.7. The van der Waals surface area contributed by atoms with Gasteiger partial charge in [-0.25, -0.2) is 0 Å². The Balaban J connectivity index is 1.71. The average Bonchev–Trinajstić information content (AvgIpc) is 2.83. The van der Waals surface area contributed by atoms with Crippen LogP contribution in [0.4, 0.5) is 0 Å². The molecule has 1 aliphatic rings. The molecule has 5 atom stereocenters. The summed E-state index contributed by atoms with van der Waals surface area (Å²) in [6, 6.07) is 6.96. The zero-order chi connectivity index (χ0) is 26.3. The van der Waals surface area contributed by atoms with Gasteiger partial charge in [-0.2, -0.15) is 0 Å². The number of rotatable bonds is 5. The molecule has 4 rings (SSSR count). The molecule has 0 amide bonds. The second kappa shape index (κ2) is 9.82. The molecular weight excluding hydrogens is 472 g/mol. The SMILES string of the molecule is CC(C)=CCc1c(O)cc(O)c2c(=O)c(O)c(-c3ccc(OC4OC(C)C(O)C(O)C4O)cc3)oc12. The number of ether oxygens (including phenoxy) is 2. The molecule has 192 valence electrons. The summed E-state index contributed by atoms with van der Waals surface area (Å²) in [4.78, 5) is 12.9. The van der Waals surface area contributed by atoms with Gasteiger partial charge in [0.2, 0.25) is 17.5 Å². The third-order valence-electron chi connectivity index (χ3n) is 6.09. The number of aliphatic hydroxyl groups excluding tert-OH is 3. The van der Waals surface area contributed by atoms with Gasteiger partial charge in [-0.05, 0) is 51.5 Å². The lowest BCUT2D eigenvalue weighted by molar-refractivity contribution is -0.268. The second-order valence-electron chi connectivity index (χ2n) is 9.02. The molecular formula is C26H28O10. The topological polar surface area (TPSA) is 170 Å². The lowest BCUT2D eigenvalue weighted by Crippen LogP contribution is -2.58. The van der Waals surface area contributed by atoms with Crippen molar-refractivity contribution in [3.8, 4) is 34.3 Å². The van der Waals surface area contributed by atoms with E-state index >= 15 is 0 Å². The van der Waals surface area contributed by atoms with Gasteiger partial charge in [-0.3, -0.25) is 4.79 Å². The lowest BCUT2D eigenvalue weighted by Gasteiger charge is -2.38. The van der Waals surface area contributed by atoms with Gasteiger partial charge in [0.25, 0.3) is 0 Å². The van der Waals surface area contributed by atoms with E-state index in [1.807, 2.05) is 19.9 Å². The Bertz CT molecular complexity index is 1350. The Morgan fingerprint density at radius 1 is 1.00 bits per heavy atom. The summed E-state index contributed by atoms with van der Waals surface area (Å²) < 4.78 is 16.9. The maximum absolute atomic E-state index is 12.9. The minimum absolute atomic E-state index is 0.0524. The number of aliphatic hydroxyl groups is 3. The van der Waals surface area contributed by atoms with Crippen molar-refractivity contribution >= 4 is 11.0 Å². The normalized spacial score (nSPS) is 24.0. The maximum atomic E-state index is 12.9. The largest absolute Gasteiger partial charge is 0.507 e. The number of phenolic OH excluding ortho intramolecular Hbond substituents is 2. The fourth-order valence-corrected chi connectivity index (χ4v) is 4.01. The summed E-state index contributed by atoms with van der Waals surface area (Å²) in [6.07, 6.45) is -4.16. The molecule has 2 aromatic carbocycles. The molecule has 0 bridgehead atoms. The van der Waals surface area contributed by atoms with Crippen LogP contribution < -0.4 is 10.2 Å². The standard InChI is InChI=1S/C26H28O10/c1-11(2)4-9-15-16(27)10-17(28)18-20(30)22(32)24(36-25(15)18)13-5-7-14(8-6-13)35-26-23(33)21(31)19(29)12(3)34-26/h4-8,10,12,19,21,23,26-29,31-33H,9H2,1-3H3. The number of benzene rings is 2. The number of hydrogen-bond acceptors (Lipinski definition) is 10. The number of allylic oxidation sites excluding steroid dienone is 2. The zero-order valence-corrected chi connectivity index (χ0v) is 19.9. The molecule has 0 spiro atoms. The molecule has 10 nitrogen and oxygen atoms in total. The highest BCUT2D eigenvalue weighted by molar-refractivity contribution is 5.91. The molecule has 0 aliphatic carbocycles. The Morgan fingerprint density at radius 2 is 1.67 bits per heavy atom. The minimum atomic E-state index is -1.49. The van der Waals surface area contributed by atoms with Crippen LogP contribution in [-0.4, -0.2) is 61.3 Å². The van der Waals surface area contributed by atoms with Gasteiger partial charge in [0.05, 0.1) is 6.10 Å². The van der Waals surface area contributed by atoms with Gasteiger partial charge >= 0.3 is 0 Å². The highest BCUT2D eigenvalue weighted by Gasteiger charge is 2.43. The van der Waals surface area contributed by atoms with Gasteiger partial charge in [-0.1, -0.05) is 11.6 Å². The van der Waals surface area contributed by atoms with Crippen LogP contribution in [0.1, 0.15) is 26.3 Å². The van der Waals surface area contributed by atoms with Crippen molar-refractivity contribution in [1.29, 1.82) is 0 Å². The fourth-order valence-electron chi connectivity index (χ4n) is 4.01. The molecule has 2 heterocycles. The zero-order valence-electron chi connectivity index (χ0n) is 19.9. The molecule has 5 unspecified atom stereocenters. The first-order valence-electron chi connectivity index (χ1n) is 11.3. The van der Waals surface area contributed by atoms with E-state index in [4.69, 9.17) is 13.9 Å². The summed E-state index contributed by atoms with van der Waals surface area (Å²) in [5.74, 6) is -1.43. The van der Waals surface area contributed by atoms with Crippen molar-refractivity contribution in [2.75, 3.05) is 0 Å². The predicted molar refractivity (Wildman–Crippen MR) is 129 cm³/mol. The Labute approximate surface area is 205 Å². The molecule has 0 saturated carbocycles. The predicted octanol–water partition coefficient (Wildman–Crippen LogP) is 2.29. The van der Waals surface area contributed by atoms with Crippen molar-refractivity contribution < 1.29 is 44.5 Å². The summed E-state index contributed by atoms with van der Waals surface area (Å²) in [7, 11) is 0. The van der Waals surface area contributed by atoms with E-state index in [2.05, 4.69) is 0 Å². The first-order valence-corrected chi connectivity index (χ1v) is 11.3. The van der Waals surface area contributed by atoms with E-state index in [-0.39, 0.29) is 40.2 Å². The second-order valence-corrected chi connectivity index (χ2v) is 9.02.